The summed E-state index contributed by atoms with van der Waals surface area (Å²) in [5.41, 5.74) is 6.20. The number of carbonyl (C=O) groups is 1. The van der Waals surface area contributed by atoms with Crippen molar-refractivity contribution >= 4 is 40.5 Å². The quantitative estimate of drug-likeness (QED) is 0.851. The van der Waals surface area contributed by atoms with E-state index in [1.165, 1.54) is 23.0 Å². The summed E-state index contributed by atoms with van der Waals surface area (Å²) >= 11 is 10.5. The normalized spacial score (nSPS) is 10.3. The molecule has 0 unspecified atom stereocenters. The summed E-state index contributed by atoms with van der Waals surface area (Å²) in [6, 6.07) is 3.69. The zero-order chi connectivity index (χ0) is 14.9. The van der Waals surface area contributed by atoms with Crippen molar-refractivity contribution in [2.24, 2.45) is 12.8 Å². The number of anilines is 1. The zero-order valence-corrected chi connectivity index (χ0v) is 11.9. The minimum absolute atomic E-state index is 0.116. The van der Waals surface area contributed by atoms with E-state index in [1.54, 1.807) is 7.05 Å². The van der Waals surface area contributed by atoms with Gasteiger partial charge in [-0.15, -0.1) is 0 Å². The van der Waals surface area contributed by atoms with E-state index in [9.17, 15) is 9.18 Å². The van der Waals surface area contributed by atoms with Crippen molar-refractivity contribution in [1.29, 1.82) is 0 Å². The summed E-state index contributed by atoms with van der Waals surface area (Å²) < 4.78 is 14.5. The molecule has 0 fully saturated rings. The molecule has 0 saturated carbocycles. The Balaban J connectivity index is 2.30. The van der Waals surface area contributed by atoms with Crippen LogP contribution in [0.4, 0.5) is 10.2 Å². The van der Waals surface area contributed by atoms with E-state index in [1.807, 2.05) is 0 Å². The van der Waals surface area contributed by atoms with E-state index < -0.39 is 11.7 Å². The van der Waals surface area contributed by atoms with E-state index in [0.717, 1.165) is 6.07 Å². The first kappa shape index (κ1) is 14.4. The highest BCUT2D eigenvalue weighted by atomic mass is 35.5. The molecule has 8 heteroatoms. The number of hydrogen-bond donors (Lipinski definition) is 2. The lowest BCUT2D eigenvalue weighted by Gasteiger charge is -2.08. The second-order valence-corrected chi connectivity index (χ2v) is 4.82. The van der Waals surface area contributed by atoms with Crippen molar-refractivity contribution in [2.75, 3.05) is 5.32 Å². The van der Waals surface area contributed by atoms with Crippen LogP contribution in [-0.4, -0.2) is 20.7 Å². The number of rotatable bonds is 3. The highest BCUT2D eigenvalue weighted by Gasteiger charge is 2.15. The van der Waals surface area contributed by atoms with Crippen molar-refractivity contribution in [3.8, 4) is 0 Å². The van der Waals surface area contributed by atoms with Gasteiger partial charge in [-0.25, -0.2) is 4.39 Å². The van der Waals surface area contributed by atoms with Gasteiger partial charge in [0.15, 0.2) is 0 Å². The van der Waals surface area contributed by atoms with Crippen LogP contribution < -0.4 is 11.1 Å². The molecule has 1 aromatic heterocycles. The summed E-state index contributed by atoms with van der Waals surface area (Å²) in [4.78, 5) is 12.2. The average Bonchev–Trinajstić information content (AvgIpc) is 2.74. The van der Waals surface area contributed by atoms with E-state index in [2.05, 4.69) is 10.4 Å². The number of thiocarbonyl (C=S) groups is 1. The minimum atomic E-state index is -0.590. The van der Waals surface area contributed by atoms with Gasteiger partial charge in [-0.1, -0.05) is 23.8 Å². The van der Waals surface area contributed by atoms with Crippen LogP contribution in [0, 0.1) is 5.82 Å². The van der Waals surface area contributed by atoms with Crippen molar-refractivity contribution in [2.45, 2.75) is 0 Å². The van der Waals surface area contributed by atoms with Gasteiger partial charge in [-0.3, -0.25) is 9.48 Å². The molecule has 2 aromatic rings. The molecule has 0 aliphatic rings. The topological polar surface area (TPSA) is 72.9 Å². The Morgan fingerprint density at radius 1 is 1.55 bits per heavy atom. The molecular formula is C12H10ClFN4OS. The van der Waals surface area contributed by atoms with Crippen molar-refractivity contribution in [3.05, 3.63) is 46.4 Å². The first-order chi connectivity index (χ1) is 9.40. The number of halogens is 2. The molecule has 0 bridgehead atoms. The van der Waals surface area contributed by atoms with Crippen LogP contribution >= 0.6 is 23.8 Å². The predicted octanol–water partition coefficient (Wildman–Crippen LogP) is 2.10. The van der Waals surface area contributed by atoms with Gasteiger partial charge >= 0.3 is 0 Å². The molecule has 0 aliphatic carbocycles. The number of nitrogens with zero attached hydrogens (tertiary/aromatic N) is 2. The van der Waals surface area contributed by atoms with Gasteiger partial charge in [0.1, 0.15) is 16.6 Å². The van der Waals surface area contributed by atoms with Crippen LogP contribution in [-0.2, 0) is 7.05 Å². The van der Waals surface area contributed by atoms with E-state index in [4.69, 9.17) is 29.6 Å². The third-order valence-electron chi connectivity index (χ3n) is 2.62. The predicted molar refractivity (Wildman–Crippen MR) is 78.5 cm³/mol. The lowest BCUT2D eigenvalue weighted by molar-refractivity contribution is 0.102. The van der Waals surface area contributed by atoms with Gasteiger partial charge < -0.3 is 11.1 Å². The second kappa shape index (κ2) is 5.56. The smallest absolute Gasteiger partial charge is 0.256 e. The van der Waals surface area contributed by atoms with Gasteiger partial charge in [-0.2, -0.15) is 5.10 Å². The van der Waals surface area contributed by atoms with Crippen LogP contribution in [0.2, 0.25) is 5.02 Å². The average molecular weight is 313 g/mol. The fourth-order valence-electron chi connectivity index (χ4n) is 1.58. The summed E-state index contributed by atoms with van der Waals surface area (Å²) in [6.45, 7) is 0. The first-order valence-corrected chi connectivity index (χ1v) is 6.27. The molecule has 5 nitrogen and oxygen atoms in total. The molecule has 104 valence electrons. The molecule has 0 atom stereocenters. The number of amides is 1. The molecule has 3 N–H and O–H groups in total. The maximum absolute atomic E-state index is 13.1. The van der Waals surface area contributed by atoms with Gasteiger partial charge in [0.25, 0.3) is 5.91 Å². The lowest BCUT2D eigenvalue weighted by atomic mass is 10.2. The maximum Gasteiger partial charge on any atom is 0.256 e. The molecule has 0 saturated heterocycles. The Kier molecular flexibility index (Phi) is 4.01. The molecule has 1 amide bonds. The molecular weight excluding hydrogens is 303 g/mol. The summed E-state index contributed by atoms with van der Waals surface area (Å²) in [6.07, 6.45) is 1.45. The fraction of sp³-hybridized carbons (Fsp3) is 0.0833. The number of aryl methyl sites for hydroxylation is 1. The Bertz CT molecular complexity index is 701. The van der Waals surface area contributed by atoms with E-state index >= 15 is 0 Å². The Morgan fingerprint density at radius 3 is 2.85 bits per heavy atom. The maximum atomic E-state index is 13.1. The van der Waals surface area contributed by atoms with Gasteiger partial charge in [0, 0.05) is 12.6 Å². The van der Waals surface area contributed by atoms with Crippen LogP contribution in [0.3, 0.4) is 0 Å². The Hall–Kier alpha value is -1.99. The number of nitrogens with one attached hydrogen (secondary N) is 1. The monoisotopic (exact) mass is 312 g/mol. The van der Waals surface area contributed by atoms with Crippen LogP contribution in [0.15, 0.2) is 24.4 Å². The fourth-order valence-corrected chi connectivity index (χ4v) is 1.91. The molecule has 1 heterocycles. The molecule has 0 spiro atoms. The van der Waals surface area contributed by atoms with E-state index in [-0.39, 0.29) is 15.6 Å². The highest BCUT2D eigenvalue weighted by molar-refractivity contribution is 7.80. The third-order valence-corrected chi connectivity index (χ3v) is 3.13. The lowest BCUT2D eigenvalue weighted by Crippen LogP contribution is -2.18. The number of carbonyl (C=O) groups excluding carboxylic acids is 1. The van der Waals surface area contributed by atoms with Gasteiger partial charge in [0.05, 0.1) is 16.8 Å². The molecule has 2 rings (SSSR count). The molecule has 20 heavy (non-hydrogen) atoms. The number of benzene rings is 1. The standard InChI is InChI=1S/C12H10ClFN4OS/c1-18-11(7(5-16-18)10(15)20)17-12(19)6-2-3-9(14)8(13)4-6/h2-5H,1H3,(H2,15,20)(H,17,19). The largest absolute Gasteiger partial charge is 0.389 e. The zero-order valence-electron chi connectivity index (χ0n) is 10.4. The molecule has 1 aromatic carbocycles. The number of aromatic nitrogens is 2. The van der Waals surface area contributed by atoms with Crippen molar-refractivity contribution in [1.82, 2.24) is 9.78 Å². The van der Waals surface area contributed by atoms with Crippen LogP contribution in [0.1, 0.15) is 15.9 Å². The molecule has 0 radical (unpaired) electrons. The Labute approximate surface area is 124 Å². The second-order valence-electron chi connectivity index (χ2n) is 3.98. The summed E-state index contributed by atoms with van der Waals surface area (Å²) in [7, 11) is 1.63. The minimum Gasteiger partial charge on any atom is -0.389 e. The summed E-state index contributed by atoms with van der Waals surface area (Å²) in [5.74, 6) is -0.691. The third kappa shape index (κ3) is 2.78. The van der Waals surface area contributed by atoms with Crippen molar-refractivity contribution in [3.63, 3.8) is 0 Å². The van der Waals surface area contributed by atoms with Crippen molar-refractivity contribution < 1.29 is 9.18 Å². The number of nitrogens with two attached hydrogens (primary N) is 1. The first-order valence-electron chi connectivity index (χ1n) is 5.48. The summed E-state index contributed by atoms with van der Waals surface area (Å²) in [5, 5.41) is 6.45. The Morgan fingerprint density at radius 2 is 2.25 bits per heavy atom. The van der Waals surface area contributed by atoms with Crippen LogP contribution in [0.25, 0.3) is 0 Å². The molecule has 0 aliphatic heterocycles. The van der Waals surface area contributed by atoms with Gasteiger partial charge in [0.2, 0.25) is 0 Å². The highest BCUT2D eigenvalue weighted by Crippen LogP contribution is 2.19. The van der Waals surface area contributed by atoms with Gasteiger partial charge in [-0.05, 0) is 18.2 Å². The van der Waals surface area contributed by atoms with E-state index in [0.29, 0.717) is 11.4 Å². The van der Waals surface area contributed by atoms with Crippen LogP contribution in [0.5, 0.6) is 0 Å². The SMILES string of the molecule is Cn1ncc(C(N)=S)c1NC(=O)c1ccc(F)c(Cl)c1. The number of hydrogen-bond acceptors (Lipinski definition) is 3.